The number of aromatic carboxylic acids is 1. The molecule has 1 aromatic heterocycles. The van der Waals surface area contributed by atoms with Crippen LogP contribution in [0.5, 0.6) is 5.75 Å². The molecule has 0 aliphatic carbocycles. The lowest BCUT2D eigenvalue weighted by atomic mass is 10.2. The number of aryl methyl sites for hydroxylation is 1. The molecule has 0 saturated carbocycles. The van der Waals surface area contributed by atoms with E-state index in [1.54, 1.807) is 6.07 Å². The molecule has 0 radical (unpaired) electrons. The van der Waals surface area contributed by atoms with E-state index in [4.69, 9.17) is 9.84 Å². The van der Waals surface area contributed by atoms with Gasteiger partial charge in [0.15, 0.2) is 11.5 Å². The van der Waals surface area contributed by atoms with Crippen molar-refractivity contribution in [3.63, 3.8) is 0 Å². The van der Waals surface area contributed by atoms with Crippen LogP contribution in [0, 0.1) is 0 Å². The van der Waals surface area contributed by atoms with Crippen molar-refractivity contribution in [2.45, 2.75) is 46.1 Å². The third-order valence-electron chi connectivity index (χ3n) is 2.82. The number of carbonyl (C=O) groups is 2. The molecule has 0 saturated heterocycles. The van der Waals surface area contributed by atoms with Gasteiger partial charge in [0.25, 0.3) is 5.91 Å². The van der Waals surface area contributed by atoms with Crippen LogP contribution >= 0.6 is 11.3 Å². The van der Waals surface area contributed by atoms with Gasteiger partial charge in [-0.2, -0.15) is 0 Å². The van der Waals surface area contributed by atoms with E-state index in [0.29, 0.717) is 0 Å². The normalized spacial score (nSPS) is 11.9. The first-order valence-electron chi connectivity index (χ1n) is 6.76. The second-order valence-corrected chi connectivity index (χ2v) is 5.76. The van der Waals surface area contributed by atoms with Crippen LogP contribution in [0.25, 0.3) is 0 Å². The smallest absolute Gasteiger partial charge is 0.349 e. The maximum Gasteiger partial charge on any atom is 0.349 e. The number of carboxylic acid groups (broad SMARTS) is 1. The molecular formula is C14H21NO4S. The molecule has 1 amide bonds. The fourth-order valence-electron chi connectivity index (χ4n) is 1.61. The minimum absolute atomic E-state index is 0.0863. The van der Waals surface area contributed by atoms with Gasteiger partial charge in [-0.15, -0.1) is 11.3 Å². The Morgan fingerprint density at radius 2 is 2.15 bits per heavy atom. The molecule has 0 aliphatic rings. The summed E-state index contributed by atoms with van der Waals surface area (Å²) in [6, 6.07) is 1.80. The number of thiophene rings is 1. The van der Waals surface area contributed by atoms with Crippen molar-refractivity contribution < 1.29 is 19.4 Å². The largest absolute Gasteiger partial charge is 0.482 e. The van der Waals surface area contributed by atoms with Crippen LogP contribution in [-0.4, -0.2) is 29.6 Å². The van der Waals surface area contributed by atoms with Crippen LogP contribution in [0.3, 0.4) is 0 Å². The van der Waals surface area contributed by atoms with Gasteiger partial charge in [0.1, 0.15) is 5.75 Å². The van der Waals surface area contributed by atoms with E-state index in [-0.39, 0.29) is 29.2 Å². The van der Waals surface area contributed by atoms with Crippen molar-refractivity contribution in [3.8, 4) is 5.75 Å². The molecule has 1 heterocycles. The van der Waals surface area contributed by atoms with Crippen LogP contribution in [0.15, 0.2) is 6.07 Å². The highest BCUT2D eigenvalue weighted by Crippen LogP contribution is 2.30. The van der Waals surface area contributed by atoms with Gasteiger partial charge in [-0.3, -0.25) is 4.79 Å². The number of rotatable bonds is 8. The lowest BCUT2D eigenvalue weighted by Gasteiger charge is -2.11. The van der Waals surface area contributed by atoms with Crippen molar-refractivity contribution in [2.75, 3.05) is 6.61 Å². The molecule has 0 spiro atoms. The van der Waals surface area contributed by atoms with Crippen molar-refractivity contribution in [2.24, 2.45) is 0 Å². The summed E-state index contributed by atoms with van der Waals surface area (Å²) >= 11 is 1.21. The SMILES string of the molecule is CCCc1cc(OCC(=O)NC(C)CC)c(C(=O)O)s1. The van der Waals surface area contributed by atoms with E-state index in [1.165, 1.54) is 11.3 Å². The summed E-state index contributed by atoms with van der Waals surface area (Å²) in [4.78, 5) is 23.9. The van der Waals surface area contributed by atoms with E-state index in [9.17, 15) is 9.59 Å². The molecule has 112 valence electrons. The zero-order valence-electron chi connectivity index (χ0n) is 12.1. The third kappa shape index (κ3) is 4.85. The summed E-state index contributed by atoms with van der Waals surface area (Å²) < 4.78 is 5.35. The number of hydrogen-bond acceptors (Lipinski definition) is 4. The van der Waals surface area contributed by atoms with Crippen LogP contribution < -0.4 is 10.1 Å². The molecule has 0 bridgehead atoms. The minimum atomic E-state index is -1.02. The molecule has 1 unspecified atom stereocenters. The molecule has 1 rings (SSSR count). The highest BCUT2D eigenvalue weighted by molar-refractivity contribution is 7.14. The molecule has 20 heavy (non-hydrogen) atoms. The van der Waals surface area contributed by atoms with E-state index in [1.807, 2.05) is 20.8 Å². The van der Waals surface area contributed by atoms with Crippen LogP contribution in [-0.2, 0) is 11.2 Å². The number of amides is 1. The van der Waals surface area contributed by atoms with Crippen LogP contribution in [0.4, 0.5) is 0 Å². The number of hydrogen-bond donors (Lipinski definition) is 2. The molecule has 0 fully saturated rings. The van der Waals surface area contributed by atoms with Crippen molar-refractivity contribution in [3.05, 3.63) is 15.8 Å². The molecule has 1 atom stereocenters. The topological polar surface area (TPSA) is 75.6 Å². The summed E-state index contributed by atoms with van der Waals surface area (Å²) in [6.45, 7) is 5.75. The Kier molecular flexibility index (Phi) is 6.51. The van der Waals surface area contributed by atoms with E-state index in [0.717, 1.165) is 24.1 Å². The predicted molar refractivity (Wildman–Crippen MR) is 78.7 cm³/mol. The monoisotopic (exact) mass is 299 g/mol. The molecule has 2 N–H and O–H groups in total. The fraction of sp³-hybridized carbons (Fsp3) is 0.571. The summed E-state index contributed by atoms with van der Waals surface area (Å²) in [7, 11) is 0. The highest BCUT2D eigenvalue weighted by atomic mass is 32.1. The first-order chi connectivity index (χ1) is 9.47. The van der Waals surface area contributed by atoms with Gasteiger partial charge in [0, 0.05) is 10.9 Å². The van der Waals surface area contributed by atoms with E-state index >= 15 is 0 Å². The van der Waals surface area contributed by atoms with Crippen molar-refractivity contribution in [1.82, 2.24) is 5.32 Å². The Bertz CT molecular complexity index is 470. The zero-order chi connectivity index (χ0) is 15.1. The third-order valence-corrected chi connectivity index (χ3v) is 3.98. The summed E-state index contributed by atoms with van der Waals surface area (Å²) in [5.41, 5.74) is 0. The number of carbonyl (C=O) groups excluding carboxylic acids is 1. The first kappa shape index (κ1) is 16.5. The molecule has 5 nitrogen and oxygen atoms in total. The Hall–Kier alpha value is -1.56. The van der Waals surface area contributed by atoms with Crippen LogP contribution in [0.1, 0.15) is 48.2 Å². The predicted octanol–water partition coefficient (Wildman–Crippen LogP) is 2.69. The van der Waals surface area contributed by atoms with E-state index < -0.39 is 5.97 Å². The Morgan fingerprint density at radius 1 is 1.45 bits per heavy atom. The average molecular weight is 299 g/mol. The lowest BCUT2D eigenvalue weighted by Crippen LogP contribution is -2.35. The lowest BCUT2D eigenvalue weighted by molar-refractivity contribution is -0.123. The van der Waals surface area contributed by atoms with Crippen molar-refractivity contribution in [1.29, 1.82) is 0 Å². The van der Waals surface area contributed by atoms with Gasteiger partial charge in [0.05, 0.1) is 0 Å². The van der Waals surface area contributed by atoms with Gasteiger partial charge < -0.3 is 15.2 Å². The molecule has 6 heteroatoms. The second kappa shape index (κ2) is 7.89. The fourth-order valence-corrected chi connectivity index (χ4v) is 2.65. The molecule has 1 aromatic rings. The van der Waals surface area contributed by atoms with Gasteiger partial charge in [-0.1, -0.05) is 20.3 Å². The van der Waals surface area contributed by atoms with Gasteiger partial charge in [0.2, 0.25) is 0 Å². The Labute approximate surface area is 123 Å². The van der Waals surface area contributed by atoms with E-state index in [2.05, 4.69) is 5.32 Å². The van der Waals surface area contributed by atoms with Gasteiger partial charge in [-0.25, -0.2) is 4.79 Å². The second-order valence-electron chi connectivity index (χ2n) is 4.63. The maximum atomic E-state index is 11.6. The zero-order valence-corrected chi connectivity index (χ0v) is 12.9. The minimum Gasteiger partial charge on any atom is -0.482 e. The maximum absolute atomic E-state index is 11.6. The highest BCUT2D eigenvalue weighted by Gasteiger charge is 2.17. The average Bonchev–Trinajstić information content (AvgIpc) is 2.80. The summed E-state index contributed by atoms with van der Waals surface area (Å²) in [5, 5.41) is 11.9. The van der Waals surface area contributed by atoms with Gasteiger partial charge >= 0.3 is 5.97 Å². The standard InChI is InChI=1S/C14H21NO4S/c1-4-6-10-7-11(13(20-10)14(17)18)19-8-12(16)15-9(3)5-2/h7,9H,4-6,8H2,1-3H3,(H,15,16)(H,17,18). The summed E-state index contributed by atoms with van der Waals surface area (Å²) in [5.74, 6) is -0.973. The first-order valence-corrected chi connectivity index (χ1v) is 7.57. The number of ether oxygens (including phenoxy) is 1. The Balaban J connectivity index is 2.66. The van der Waals surface area contributed by atoms with Crippen molar-refractivity contribution >= 4 is 23.2 Å². The number of carboxylic acids is 1. The Morgan fingerprint density at radius 3 is 2.70 bits per heavy atom. The molecular weight excluding hydrogens is 278 g/mol. The van der Waals surface area contributed by atoms with Gasteiger partial charge in [-0.05, 0) is 25.8 Å². The molecule has 0 aromatic carbocycles. The quantitative estimate of drug-likeness (QED) is 0.774. The van der Waals surface area contributed by atoms with Crippen LogP contribution in [0.2, 0.25) is 0 Å². The number of nitrogens with one attached hydrogen (secondary N) is 1. The summed E-state index contributed by atoms with van der Waals surface area (Å²) in [6.07, 6.45) is 2.59. The molecule has 0 aliphatic heterocycles.